The van der Waals surface area contributed by atoms with Crippen molar-refractivity contribution in [3.8, 4) is 11.5 Å². The Bertz CT molecular complexity index is 854. The SMILES string of the molecule is Cc1cc(COC(=O)C2c3ccccc3Oc3ccccc32)no1. The fraction of sp³-hybridized carbons (Fsp3) is 0.158. The second-order valence-electron chi connectivity index (χ2n) is 5.65. The van der Waals surface area contributed by atoms with E-state index < -0.39 is 5.92 Å². The maximum atomic E-state index is 12.8. The third kappa shape index (κ3) is 2.54. The molecule has 0 unspecified atom stereocenters. The molecule has 0 saturated carbocycles. The van der Waals surface area contributed by atoms with Crippen LogP contribution in [0.25, 0.3) is 0 Å². The Morgan fingerprint density at radius 2 is 1.71 bits per heavy atom. The normalized spacial score (nSPS) is 12.9. The standard InChI is InChI=1S/C19H15NO4/c1-12-10-13(20-24-12)11-22-19(21)18-14-6-2-4-8-16(14)23-17-9-5-3-7-15(17)18/h2-10,18H,11H2,1H3. The molecule has 0 aliphatic carbocycles. The summed E-state index contributed by atoms with van der Waals surface area (Å²) in [6.07, 6.45) is 0. The Balaban J connectivity index is 1.65. The lowest BCUT2D eigenvalue weighted by Gasteiger charge is -2.26. The van der Waals surface area contributed by atoms with Crippen LogP contribution < -0.4 is 4.74 Å². The molecule has 0 amide bonds. The number of rotatable bonds is 3. The fourth-order valence-corrected chi connectivity index (χ4v) is 2.88. The molecular formula is C19H15NO4. The Morgan fingerprint density at radius 3 is 2.29 bits per heavy atom. The van der Waals surface area contributed by atoms with Gasteiger partial charge in [-0.25, -0.2) is 0 Å². The van der Waals surface area contributed by atoms with Crippen LogP contribution in [0.3, 0.4) is 0 Å². The Labute approximate surface area is 138 Å². The molecule has 24 heavy (non-hydrogen) atoms. The number of aryl methyl sites for hydroxylation is 1. The summed E-state index contributed by atoms with van der Waals surface area (Å²) in [6, 6.07) is 16.8. The number of nitrogens with zero attached hydrogens (tertiary/aromatic N) is 1. The van der Waals surface area contributed by atoms with Gasteiger partial charge in [-0.2, -0.15) is 0 Å². The van der Waals surface area contributed by atoms with Gasteiger partial charge in [-0.05, 0) is 19.1 Å². The predicted octanol–water partition coefficient (Wildman–Crippen LogP) is 3.96. The van der Waals surface area contributed by atoms with E-state index in [-0.39, 0.29) is 12.6 Å². The molecule has 1 aliphatic rings. The van der Waals surface area contributed by atoms with E-state index in [0.717, 1.165) is 11.1 Å². The average Bonchev–Trinajstić information content (AvgIpc) is 3.03. The molecule has 3 aromatic rings. The van der Waals surface area contributed by atoms with E-state index in [4.69, 9.17) is 14.0 Å². The minimum atomic E-state index is -0.515. The molecule has 0 saturated heterocycles. The molecule has 2 heterocycles. The average molecular weight is 321 g/mol. The van der Waals surface area contributed by atoms with E-state index in [0.29, 0.717) is 23.0 Å². The van der Waals surface area contributed by atoms with Crippen LogP contribution in [0.1, 0.15) is 28.5 Å². The zero-order chi connectivity index (χ0) is 16.5. The zero-order valence-corrected chi connectivity index (χ0v) is 13.1. The van der Waals surface area contributed by atoms with Gasteiger partial charge in [0.15, 0.2) is 0 Å². The smallest absolute Gasteiger partial charge is 0.318 e. The summed E-state index contributed by atoms with van der Waals surface area (Å²) in [5.74, 6) is 1.19. The van der Waals surface area contributed by atoms with Crippen molar-refractivity contribution in [2.75, 3.05) is 0 Å². The molecular weight excluding hydrogens is 306 g/mol. The van der Waals surface area contributed by atoms with E-state index in [1.54, 1.807) is 13.0 Å². The molecule has 5 heteroatoms. The lowest BCUT2D eigenvalue weighted by molar-refractivity contribution is -0.146. The fourth-order valence-electron chi connectivity index (χ4n) is 2.88. The number of para-hydroxylation sites is 2. The lowest BCUT2D eigenvalue weighted by Crippen LogP contribution is -2.21. The number of ether oxygens (including phenoxy) is 2. The summed E-state index contributed by atoms with van der Waals surface area (Å²) >= 11 is 0. The molecule has 4 rings (SSSR count). The first-order valence-corrected chi connectivity index (χ1v) is 7.67. The van der Waals surface area contributed by atoms with Gasteiger partial charge >= 0.3 is 5.97 Å². The first-order valence-electron chi connectivity index (χ1n) is 7.67. The monoisotopic (exact) mass is 321 g/mol. The molecule has 0 fully saturated rings. The van der Waals surface area contributed by atoms with E-state index >= 15 is 0 Å². The largest absolute Gasteiger partial charge is 0.458 e. The van der Waals surface area contributed by atoms with E-state index in [9.17, 15) is 4.79 Å². The number of esters is 1. The molecule has 1 aromatic heterocycles. The second kappa shape index (κ2) is 5.85. The third-order valence-electron chi connectivity index (χ3n) is 3.95. The van der Waals surface area contributed by atoms with Crippen LogP contribution in [0, 0.1) is 6.92 Å². The van der Waals surface area contributed by atoms with Crippen molar-refractivity contribution < 1.29 is 18.8 Å². The molecule has 0 atom stereocenters. The van der Waals surface area contributed by atoms with E-state index in [1.807, 2.05) is 48.5 Å². The van der Waals surface area contributed by atoms with Gasteiger partial charge in [-0.3, -0.25) is 4.79 Å². The number of hydrogen-bond donors (Lipinski definition) is 0. The van der Waals surface area contributed by atoms with Crippen LogP contribution in [0.15, 0.2) is 59.1 Å². The van der Waals surface area contributed by atoms with Gasteiger partial charge in [0.2, 0.25) is 0 Å². The Hall–Kier alpha value is -3.08. The molecule has 0 spiro atoms. The summed E-state index contributed by atoms with van der Waals surface area (Å²) in [7, 11) is 0. The summed E-state index contributed by atoms with van der Waals surface area (Å²) in [5, 5.41) is 3.84. The number of carbonyl (C=O) groups is 1. The molecule has 120 valence electrons. The van der Waals surface area contributed by atoms with Crippen molar-refractivity contribution in [3.05, 3.63) is 77.2 Å². The summed E-state index contributed by atoms with van der Waals surface area (Å²) < 4.78 is 16.4. The number of hydrogen-bond acceptors (Lipinski definition) is 5. The van der Waals surface area contributed by atoms with Gasteiger partial charge in [0.05, 0.1) is 0 Å². The maximum Gasteiger partial charge on any atom is 0.318 e. The number of benzene rings is 2. The summed E-state index contributed by atoms with van der Waals surface area (Å²) in [5.41, 5.74) is 2.20. The van der Waals surface area contributed by atoms with E-state index in [1.165, 1.54) is 0 Å². The van der Waals surface area contributed by atoms with Gasteiger partial charge in [0.25, 0.3) is 0 Å². The highest BCUT2D eigenvalue weighted by Crippen LogP contribution is 2.44. The number of aromatic nitrogens is 1. The molecule has 0 N–H and O–H groups in total. The highest BCUT2D eigenvalue weighted by atomic mass is 16.5. The molecule has 5 nitrogen and oxygen atoms in total. The minimum Gasteiger partial charge on any atom is -0.458 e. The third-order valence-corrected chi connectivity index (χ3v) is 3.95. The molecule has 1 aliphatic heterocycles. The topological polar surface area (TPSA) is 61.6 Å². The van der Waals surface area contributed by atoms with Crippen molar-refractivity contribution in [1.82, 2.24) is 5.16 Å². The summed E-state index contributed by atoms with van der Waals surface area (Å²) in [6.45, 7) is 1.88. The quantitative estimate of drug-likeness (QED) is 0.683. The first kappa shape index (κ1) is 14.5. The number of fused-ring (bicyclic) bond motifs is 2. The van der Waals surface area contributed by atoms with Crippen LogP contribution in [0.2, 0.25) is 0 Å². The number of carbonyl (C=O) groups excluding carboxylic acids is 1. The zero-order valence-electron chi connectivity index (χ0n) is 13.1. The van der Waals surface area contributed by atoms with Gasteiger partial charge in [-0.1, -0.05) is 41.6 Å². The second-order valence-corrected chi connectivity index (χ2v) is 5.65. The van der Waals surface area contributed by atoms with Crippen LogP contribution in [0.4, 0.5) is 0 Å². The first-order chi connectivity index (χ1) is 11.7. The van der Waals surface area contributed by atoms with Crippen molar-refractivity contribution in [3.63, 3.8) is 0 Å². The summed E-state index contributed by atoms with van der Waals surface area (Å²) in [4.78, 5) is 12.8. The van der Waals surface area contributed by atoms with Crippen molar-refractivity contribution in [2.45, 2.75) is 19.4 Å². The van der Waals surface area contributed by atoms with Crippen molar-refractivity contribution >= 4 is 5.97 Å². The van der Waals surface area contributed by atoms with Gasteiger partial charge in [0, 0.05) is 17.2 Å². The van der Waals surface area contributed by atoms with Crippen LogP contribution in [0.5, 0.6) is 11.5 Å². The van der Waals surface area contributed by atoms with Crippen molar-refractivity contribution in [1.29, 1.82) is 0 Å². The predicted molar refractivity (Wildman–Crippen MR) is 85.8 cm³/mol. The lowest BCUT2D eigenvalue weighted by atomic mass is 9.88. The van der Waals surface area contributed by atoms with Gasteiger partial charge in [0.1, 0.15) is 35.5 Å². The minimum absolute atomic E-state index is 0.0812. The highest BCUT2D eigenvalue weighted by Gasteiger charge is 2.33. The molecule has 0 bridgehead atoms. The van der Waals surface area contributed by atoms with Crippen LogP contribution >= 0.6 is 0 Å². The highest BCUT2D eigenvalue weighted by molar-refractivity contribution is 5.85. The van der Waals surface area contributed by atoms with Gasteiger partial charge in [-0.15, -0.1) is 0 Å². The maximum absolute atomic E-state index is 12.8. The molecule has 0 radical (unpaired) electrons. The van der Waals surface area contributed by atoms with Crippen LogP contribution in [-0.2, 0) is 16.1 Å². The Kier molecular flexibility index (Phi) is 3.54. The van der Waals surface area contributed by atoms with E-state index in [2.05, 4.69) is 5.16 Å². The molecule has 2 aromatic carbocycles. The van der Waals surface area contributed by atoms with Gasteiger partial charge < -0.3 is 14.0 Å². The van der Waals surface area contributed by atoms with Crippen molar-refractivity contribution in [2.24, 2.45) is 0 Å². The van der Waals surface area contributed by atoms with Crippen LogP contribution in [-0.4, -0.2) is 11.1 Å². The Morgan fingerprint density at radius 1 is 1.08 bits per heavy atom.